The summed E-state index contributed by atoms with van der Waals surface area (Å²) in [6.07, 6.45) is 7.52. The zero-order valence-electron chi connectivity index (χ0n) is 17.4. The number of hydrogen-bond donors (Lipinski definition) is 1. The summed E-state index contributed by atoms with van der Waals surface area (Å²) in [6, 6.07) is 2.64. The highest BCUT2D eigenvalue weighted by molar-refractivity contribution is 6.00. The molecular weight excluding hydrogens is 364 g/mol. The van der Waals surface area contributed by atoms with Crippen molar-refractivity contribution in [3.63, 3.8) is 0 Å². The third-order valence-electron chi connectivity index (χ3n) is 10.9. The number of nitrogens with zero attached hydrogens (tertiary/aromatic N) is 1. The molecule has 1 heterocycles. The number of carbonyl (C=O) groups is 2. The molecule has 0 aromatic heterocycles. The third-order valence-corrected chi connectivity index (χ3v) is 10.9. The van der Waals surface area contributed by atoms with E-state index in [4.69, 9.17) is 10.5 Å². The Morgan fingerprint density at radius 3 is 2.45 bits per heavy atom. The Balaban J connectivity index is 1.50. The molecule has 0 aromatic rings. The number of hydrogen-bond acceptors (Lipinski definition) is 5. The minimum absolute atomic E-state index is 0.0189. The molecule has 2 bridgehead atoms. The van der Waals surface area contributed by atoms with E-state index < -0.39 is 5.41 Å². The second kappa shape index (κ2) is 5.07. The number of nitriles is 1. The zero-order valence-corrected chi connectivity index (χ0v) is 17.4. The lowest BCUT2D eigenvalue weighted by atomic mass is 9.40. The van der Waals surface area contributed by atoms with E-state index in [1.807, 2.05) is 0 Å². The fourth-order valence-electron chi connectivity index (χ4n) is 9.47. The third kappa shape index (κ3) is 1.69. The molecule has 29 heavy (non-hydrogen) atoms. The van der Waals surface area contributed by atoms with Gasteiger partial charge in [0, 0.05) is 35.4 Å². The van der Waals surface area contributed by atoms with Gasteiger partial charge < -0.3 is 10.5 Å². The quantitative estimate of drug-likeness (QED) is 0.633. The Labute approximate surface area is 172 Å². The first-order valence-electron chi connectivity index (χ1n) is 11.4. The molecule has 0 radical (unpaired) electrons. The molecule has 1 saturated heterocycles. The van der Waals surface area contributed by atoms with E-state index in [2.05, 4.69) is 19.9 Å². The van der Waals surface area contributed by atoms with Crippen molar-refractivity contribution in [1.82, 2.24) is 0 Å². The predicted octanol–water partition coefficient (Wildman–Crippen LogP) is 3.63. The summed E-state index contributed by atoms with van der Waals surface area (Å²) in [5, 5.41) is 10.4. The van der Waals surface area contributed by atoms with Crippen molar-refractivity contribution in [3.8, 4) is 6.07 Å². The summed E-state index contributed by atoms with van der Waals surface area (Å²) in [6.45, 7) is 4.63. The summed E-state index contributed by atoms with van der Waals surface area (Å²) in [4.78, 5) is 25.0. The van der Waals surface area contributed by atoms with Crippen LogP contribution in [0, 0.1) is 51.2 Å². The van der Waals surface area contributed by atoms with Crippen molar-refractivity contribution in [2.45, 2.75) is 77.2 Å². The van der Waals surface area contributed by atoms with Gasteiger partial charge in [-0.1, -0.05) is 13.8 Å². The van der Waals surface area contributed by atoms with Gasteiger partial charge in [-0.25, -0.2) is 0 Å². The molecule has 6 rings (SSSR count). The standard InChI is InChI=1S/C24H30N2O3/c1-21-8-5-16(27)19-20(26)13(11-23(19,21)12-25)18-14(21)3-7-22(2)15(18)4-9-24(22)10-6-17(28)29-24/h13-15,18H,3-11,26H2,1-2H3/t13-,14+,15+,18-,21-,22+,23?,24-/m1/s1. The highest BCUT2D eigenvalue weighted by Gasteiger charge is 2.74. The van der Waals surface area contributed by atoms with E-state index in [9.17, 15) is 14.9 Å². The molecule has 0 amide bonds. The zero-order chi connectivity index (χ0) is 20.4. The van der Waals surface area contributed by atoms with Crippen molar-refractivity contribution >= 4 is 11.8 Å². The van der Waals surface area contributed by atoms with Crippen molar-refractivity contribution in [3.05, 3.63) is 11.3 Å². The largest absolute Gasteiger partial charge is 0.458 e. The normalized spacial score (nSPS) is 54.9. The molecule has 5 fully saturated rings. The van der Waals surface area contributed by atoms with Crippen LogP contribution >= 0.6 is 0 Å². The lowest BCUT2D eigenvalue weighted by molar-refractivity contribution is -0.179. The van der Waals surface area contributed by atoms with Crippen molar-refractivity contribution in [1.29, 1.82) is 5.26 Å². The second-order valence-corrected chi connectivity index (χ2v) is 11.3. The number of ketones is 1. The molecule has 2 N–H and O–H groups in total. The molecule has 8 atom stereocenters. The van der Waals surface area contributed by atoms with E-state index in [1.54, 1.807) is 0 Å². The van der Waals surface area contributed by atoms with E-state index in [-0.39, 0.29) is 34.1 Å². The number of ether oxygens (including phenoxy) is 1. The number of Topliss-reactive ketones (excluding diaryl/α,β-unsaturated/α-hetero) is 1. The van der Waals surface area contributed by atoms with Crippen LogP contribution in [0.2, 0.25) is 0 Å². The van der Waals surface area contributed by atoms with E-state index in [1.165, 1.54) is 0 Å². The number of rotatable bonds is 0. The van der Waals surface area contributed by atoms with Crippen molar-refractivity contribution in [2.75, 3.05) is 0 Å². The topological polar surface area (TPSA) is 93.2 Å². The van der Waals surface area contributed by atoms with Crippen molar-refractivity contribution < 1.29 is 14.3 Å². The first kappa shape index (κ1) is 18.0. The average molecular weight is 395 g/mol. The monoisotopic (exact) mass is 394 g/mol. The number of nitrogens with two attached hydrogens (primary N) is 1. The number of esters is 1. The lowest BCUT2D eigenvalue weighted by Crippen LogP contribution is -2.60. The number of fused-ring (bicyclic) bond motifs is 7. The molecular formula is C24H30N2O3. The summed E-state index contributed by atoms with van der Waals surface area (Å²) < 4.78 is 6.05. The highest BCUT2D eigenvalue weighted by Crippen LogP contribution is 2.77. The molecule has 1 spiro atoms. The first-order chi connectivity index (χ1) is 13.7. The maximum absolute atomic E-state index is 12.9. The summed E-state index contributed by atoms with van der Waals surface area (Å²) >= 11 is 0. The smallest absolute Gasteiger partial charge is 0.306 e. The molecule has 6 aliphatic rings. The molecule has 1 aliphatic heterocycles. The average Bonchev–Trinajstić information content (AvgIpc) is 3.31. The van der Waals surface area contributed by atoms with E-state index in [0.29, 0.717) is 42.6 Å². The Bertz CT molecular complexity index is 933. The van der Waals surface area contributed by atoms with Gasteiger partial charge in [-0.3, -0.25) is 9.59 Å². The molecule has 0 aromatic carbocycles. The first-order valence-corrected chi connectivity index (χ1v) is 11.4. The maximum atomic E-state index is 12.9. The van der Waals surface area contributed by atoms with Gasteiger partial charge in [0.15, 0.2) is 5.78 Å². The Morgan fingerprint density at radius 2 is 1.76 bits per heavy atom. The molecule has 154 valence electrons. The fraction of sp³-hybridized carbons (Fsp3) is 0.792. The number of carbonyl (C=O) groups excluding carboxylic acids is 2. The van der Waals surface area contributed by atoms with Gasteiger partial charge in [0.2, 0.25) is 0 Å². The van der Waals surface area contributed by atoms with Gasteiger partial charge in [-0.2, -0.15) is 5.26 Å². The predicted molar refractivity (Wildman–Crippen MR) is 105 cm³/mol. The highest BCUT2D eigenvalue weighted by atomic mass is 16.6. The van der Waals surface area contributed by atoms with Crippen LogP contribution in [0.15, 0.2) is 11.3 Å². The fourth-order valence-corrected chi connectivity index (χ4v) is 9.47. The number of allylic oxidation sites excluding steroid dienone is 2. The van der Waals surface area contributed by atoms with Crippen LogP contribution in [-0.2, 0) is 14.3 Å². The minimum atomic E-state index is -0.692. The SMILES string of the molecule is C[C@]12CC[C@H]3[C@@H]([C@H]4CC5(C#N)C(=C4N)C(=O)CC[C@]35C)[C@@H]1CC[C@@]21CCC(=O)O1. The molecule has 5 aliphatic carbocycles. The van der Waals surface area contributed by atoms with Gasteiger partial charge in [0.05, 0.1) is 11.5 Å². The van der Waals surface area contributed by atoms with Crippen LogP contribution in [0.5, 0.6) is 0 Å². The van der Waals surface area contributed by atoms with Crippen LogP contribution in [0.3, 0.4) is 0 Å². The lowest BCUT2D eigenvalue weighted by Gasteiger charge is -2.63. The van der Waals surface area contributed by atoms with Gasteiger partial charge >= 0.3 is 5.97 Å². The second-order valence-electron chi connectivity index (χ2n) is 11.3. The Hall–Kier alpha value is -1.83. The van der Waals surface area contributed by atoms with Crippen LogP contribution in [0.1, 0.15) is 71.6 Å². The van der Waals surface area contributed by atoms with Crippen LogP contribution in [0.25, 0.3) is 0 Å². The van der Waals surface area contributed by atoms with Gasteiger partial charge in [-0.05, 0) is 68.1 Å². The van der Waals surface area contributed by atoms with E-state index >= 15 is 0 Å². The van der Waals surface area contributed by atoms with Crippen LogP contribution in [0.4, 0.5) is 0 Å². The van der Waals surface area contributed by atoms with Gasteiger partial charge in [0.1, 0.15) is 5.60 Å². The van der Waals surface area contributed by atoms with Gasteiger partial charge in [0.25, 0.3) is 0 Å². The van der Waals surface area contributed by atoms with Gasteiger partial charge in [-0.15, -0.1) is 0 Å². The Kier molecular flexibility index (Phi) is 3.15. The Morgan fingerprint density at radius 1 is 1.03 bits per heavy atom. The maximum Gasteiger partial charge on any atom is 0.306 e. The minimum Gasteiger partial charge on any atom is -0.458 e. The molecule has 1 unspecified atom stereocenters. The summed E-state index contributed by atoms with van der Waals surface area (Å²) in [5.74, 6) is 1.44. The summed E-state index contributed by atoms with van der Waals surface area (Å²) in [7, 11) is 0. The van der Waals surface area contributed by atoms with Crippen molar-refractivity contribution in [2.24, 2.45) is 45.7 Å². The molecule has 4 saturated carbocycles. The summed E-state index contributed by atoms with van der Waals surface area (Å²) in [5.41, 5.74) is 6.90. The molecule has 5 heteroatoms. The van der Waals surface area contributed by atoms with E-state index in [0.717, 1.165) is 44.2 Å². The van der Waals surface area contributed by atoms with Crippen LogP contribution in [-0.4, -0.2) is 17.4 Å². The molecule has 5 nitrogen and oxygen atoms in total. The van der Waals surface area contributed by atoms with Crippen LogP contribution < -0.4 is 5.73 Å².